The van der Waals surface area contributed by atoms with Crippen LogP contribution < -0.4 is 19.5 Å². The van der Waals surface area contributed by atoms with Gasteiger partial charge in [0, 0.05) is 11.8 Å². The maximum Gasteiger partial charge on any atom is 0.262 e. The monoisotopic (exact) mass is 369 g/mol. The van der Waals surface area contributed by atoms with Gasteiger partial charge in [0.05, 0.1) is 16.8 Å². The lowest BCUT2D eigenvalue weighted by atomic mass is 10.3. The third-order valence-electron chi connectivity index (χ3n) is 3.72. The predicted octanol–water partition coefficient (Wildman–Crippen LogP) is 3.35. The zero-order valence-electron chi connectivity index (χ0n) is 13.5. The van der Waals surface area contributed by atoms with Crippen LogP contribution in [0.15, 0.2) is 71.8 Å². The normalized spacial score (nSPS) is 12.6. The standard InChI is InChI=1S/C18H15N3O4S/c22-26(23,15-7-8-16-17(10-15)25-12-24-16)21-14-6-9-18(19-11-14)20-13-4-2-1-3-5-13/h1-11,21H,12H2,(H,19,20). The van der Waals surface area contributed by atoms with E-state index in [-0.39, 0.29) is 11.7 Å². The van der Waals surface area contributed by atoms with E-state index in [1.807, 2.05) is 30.3 Å². The second kappa shape index (κ2) is 6.57. The molecule has 2 N–H and O–H groups in total. The van der Waals surface area contributed by atoms with Crippen LogP contribution in [0.1, 0.15) is 0 Å². The molecule has 0 saturated heterocycles. The highest BCUT2D eigenvalue weighted by Crippen LogP contribution is 2.34. The lowest BCUT2D eigenvalue weighted by molar-refractivity contribution is 0.174. The molecule has 1 aliphatic heterocycles. The minimum atomic E-state index is -3.75. The molecule has 0 saturated carbocycles. The Kier molecular flexibility index (Phi) is 4.10. The van der Waals surface area contributed by atoms with E-state index in [9.17, 15) is 8.42 Å². The van der Waals surface area contributed by atoms with Crippen LogP contribution in [0.4, 0.5) is 17.2 Å². The van der Waals surface area contributed by atoms with Crippen molar-refractivity contribution < 1.29 is 17.9 Å². The van der Waals surface area contributed by atoms with Gasteiger partial charge in [0.25, 0.3) is 10.0 Å². The molecule has 0 fully saturated rings. The molecule has 1 aliphatic rings. The molecule has 3 aromatic rings. The number of nitrogens with one attached hydrogen (secondary N) is 2. The van der Waals surface area contributed by atoms with E-state index in [0.717, 1.165) is 5.69 Å². The van der Waals surface area contributed by atoms with Gasteiger partial charge in [0.1, 0.15) is 5.82 Å². The van der Waals surface area contributed by atoms with Gasteiger partial charge in [-0.05, 0) is 36.4 Å². The fourth-order valence-corrected chi connectivity index (χ4v) is 3.51. The van der Waals surface area contributed by atoms with E-state index in [0.29, 0.717) is 23.0 Å². The van der Waals surface area contributed by atoms with E-state index in [4.69, 9.17) is 9.47 Å². The zero-order chi connectivity index (χ0) is 18.0. The quantitative estimate of drug-likeness (QED) is 0.717. The van der Waals surface area contributed by atoms with Gasteiger partial charge in [-0.25, -0.2) is 13.4 Å². The molecule has 0 amide bonds. The molecular formula is C18H15N3O4S. The largest absolute Gasteiger partial charge is 0.454 e. The number of para-hydroxylation sites is 1. The smallest absolute Gasteiger partial charge is 0.262 e. The van der Waals surface area contributed by atoms with Crippen molar-refractivity contribution in [3.05, 3.63) is 66.9 Å². The van der Waals surface area contributed by atoms with Crippen molar-refractivity contribution >= 4 is 27.2 Å². The number of pyridine rings is 1. The number of rotatable bonds is 5. The molecule has 0 radical (unpaired) electrons. The number of anilines is 3. The summed E-state index contributed by atoms with van der Waals surface area (Å²) in [5.41, 5.74) is 1.26. The molecule has 2 aromatic carbocycles. The molecule has 4 rings (SSSR count). The number of aromatic nitrogens is 1. The lowest BCUT2D eigenvalue weighted by Gasteiger charge is -2.10. The van der Waals surface area contributed by atoms with Crippen molar-refractivity contribution in [1.29, 1.82) is 0 Å². The molecule has 7 nitrogen and oxygen atoms in total. The summed E-state index contributed by atoms with van der Waals surface area (Å²) < 4.78 is 38.0. The first-order chi connectivity index (χ1) is 12.6. The Bertz CT molecular complexity index is 1020. The Morgan fingerprint density at radius 3 is 2.46 bits per heavy atom. The van der Waals surface area contributed by atoms with Crippen LogP contribution in [0.25, 0.3) is 0 Å². The fraction of sp³-hybridized carbons (Fsp3) is 0.0556. The van der Waals surface area contributed by atoms with Gasteiger partial charge in [0.15, 0.2) is 11.5 Å². The van der Waals surface area contributed by atoms with Crippen molar-refractivity contribution in [2.24, 2.45) is 0 Å². The van der Waals surface area contributed by atoms with Crippen molar-refractivity contribution in [3.8, 4) is 11.5 Å². The predicted molar refractivity (Wildman–Crippen MR) is 97.3 cm³/mol. The second-order valence-electron chi connectivity index (χ2n) is 5.54. The van der Waals surface area contributed by atoms with E-state index >= 15 is 0 Å². The molecule has 0 aliphatic carbocycles. The summed E-state index contributed by atoms with van der Waals surface area (Å²) in [6, 6.07) is 17.4. The maximum atomic E-state index is 12.5. The molecular weight excluding hydrogens is 354 g/mol. The molecule has 2 heterocycles. The number of fused-ring (bicyclic) bond motifs is 1. The molecule has 0 atom stereocenters. The molecule has 8 heteroatoms. The van der Waals surface area contributed by atoms with Crippen molar-refractivity contribution in [2.75, 3.05) is 16.8 Å². The van der Waals surface area contributed by atoms with Gasteiger partial charge in [0.2, 0.25) is 6.79 Å². The number of hydrogen-bond donors (Lipinski definition) is 2. The van der Waals surface area contributed by atoms with Crippen LogP contribution in [-0.2, 0) is 10.0 Å². The van der Waals surface area contributed by atoms with Crippen LogP contribution in [0, 0.1) is 0 Å². The van der Waals surface area contributed by atoms with Crippen LogP contribution in [-0.4, -0.2) is 20.2 Å². The van der Waals surface area contributed by atoms with Gasteiger partial charge < -0.3 is 14.8 Å². The van der Waals surface area contributed by atoms with Gasteiger partial charge >= 0.3 is 0 Å². The molecule has 132 valence electrons. The number of sulfonamides is 1. The first-order valence-electron chi connectivity index (χ1n) is 7.81. The van der Waals surface area contributed by atoms with E-state index in [1.54, 1.807) is 18.2 Å². The molecule has 0 unspecified atom stereocenters. The maximum absolute atomic E-state index is 12.5. The van der Waals surface area contributed by atoms with Crippen LogP contribution >= 0.6 is 0 Å². The highest BCUT2D eigenvalue weighted by atomic mass is 32.2. The third kappa shape index (κ3) is 3.40. The SMILES string of the molecule is O=S(=O)(Nc1ccc(Nc2ccccc2)nc1)c1ccc2c(c1)OCO2. The molecule has 26 heavy (non-hydrogen) atoms. The Morgan fingerprint density at radius 2 is 1.69 bits per heavy atom. The zero-order valence-corrected chi connectivity index (χ0v) is 14.4. The second-order valence-corrected chi connectivity index (χ2v) is 7.23. The summed E-state index contributed by atoms with van der Waals surface area (Å²) in [7, 11) is -3.75. The Balaban J connectivity index is 1.49. The topological polar surface area (TPSA) is 89.6 Å². The average Bonchev–Trinajstić information content (AvgIpc) is 3.12. The summed E-state index contributed by atoms with van der Waals surface area (Å²) in [6.07, 6.45) is 1.45. The third-order valence-corrected chi connectivity index (χ3v) is 5.10. The van der Waals surface area contributed by atoms with E-state index in [2.05, 4.69) is 15.0 Å². The van der Waals surface area contributed by atoms with Gasteiger partial charge in [-0.1, -0.05) is 18.2 Å². The van der Waals surface area contributed by atoms with Crippen molar-refractivity contribution in [2.45, 2.75) is 4.90 Å². The highest BCUT2D eigenvalue weighted by molar-refractivity contribution is 7.92. The minimum absolute atomic E-state index is 0.0893. The summed E-state index contributed by atoms with van der Waals surface area (Å²) in [5, 5.41) is 3.14. The number of ether oxygens (including phenoxy) is 2. The first-order valence-corrected chi connectivity index (χ1v) is 9.29. The van der Waals surface area contributed by atoms with E-state index in [1.165, 1.54) is 18.3 Å². The summed E-state index contributed by atoms with van der Waals surface area (Å²) in [6.45, 7) is 0.0893. The van der Waals surface area contributed by atoms with Gasteiger partial charge in [-0.3, -0.25) is 4.72 Å². The average molecular weight is 369 g/mol. The Morgan fingerprint density at radius 1 is 0.885 bits per heavy atom. The summed E-state index contributed by atoms with van der Waals surface area (Å²) in [4.78, 5) is 4.32. The molecule has 0 spiro atoms. The summed E-state index contributed by atoms with van der Waals surface area (Å²) in [5.74, 6) is 1.55. The Hall–Kier alpha value is -3.26. The van der Waals surface area contributed by atoms with E-state index < -0.39 is 10.0 Å². The number of nitrogens with zero attached hydrogens (tertiary/aromatic N) is 1. The molecule has 1 aromatic heterocycles. The molecule has 0 bridgehead atoms. The van der Waals surface area contributed by atoms with Crippen molar-refractivity contribution in [1.82, 2.24) is 4.98 Å². The van der Waals surface area contributed by atoms with Crippen LogP contribution in [0.2, 0.25) is 0 Å². The highest BCUT2D eigenvalue weighted by Gasteiger charge is 2.20. The first kappa shape index (κ1) is 16.2. The van der Waals surface area contributed by atoms with Gasteiger partial charge in [-0.15, -0.1) is 0 Å². The summed E-state index contributed by atoms with van der Waals surface area (Å²) >= 11 is 0. The minimum Gasteiger partial charge on any atom is -0.454 e. The number of hydrogen-bond acceptors (Lipinski definition) is 6. The van der Waals surface area contributed by atoms with Gasteiger partial charge in [-0.2, -0.15) is 0 Å². The number of benzene rings is 2. The lowest BCUT2D eigenvalue weighted by Crippen LogP contribution is -2.13. The van der Waals surface area contributed by atoms with Crippen LogP contribution in [0.5, 0.6) is 11.5 Å². The van der Waals surface area contributed by atoms with Crippen LogP contribution in [0.3, 0.4) is 0 Å². The fourth-order valence-electron chi connectivity index (χ4n) is 2.46. The Labute approximate surface area is 150 Å². The van der Waals surface area contributed by atoms with Crippen molar-refractivity contribution in [3.63, 3.8) is 0 Å².